The number of nitrogens with one attached hydrogen (secondary N) is 2. The molecule has 1 aromatic heterocycles. The first-order valence-electron chi connectivity index (χ1n) is 13.0. The predicted octanol–water partition coefficient (Wildman–Crippen LogP) is 4.89. The van der Waals surface area contributed by atoms with Gasteiger partial charge in [0.15, 0.2) is 5.82 Å². The summed E-state index contributed by atoms with van der Waals surface area (Å²) in [7, 11) is 0. The molecule has 2 aliphatic rings. The molecule has 3 atom stereocenters. The van der Waals surface area contributed by atoms with Crippen LogP contribution in [0.4, 0.5) is 14.9 Å². The largest absolute Gasteiger partial charge is 0.356 e. The highest BCUT2D eigenvalue weighted by molar-refractivity contribution is 5.90. The fourth-order valence-corrected chi connectivity index (χ4v) is 5.40. The summed E-state index contributed by atoms with van der Waals surface area (Å²) in [6.45, 7) is 1.11. The van der Waals surface area contributed by atoms with Crippen LogP contribution in [-0.4, -0.2) is 46.1 Å². The normalized spacial score (nSPS) is 22.6. The van der Waals surface area contributed by atoms with E-state index in [1.165, 1.54) is 12.1 Å². The molecule has 2 fully saturated rings. The summed E-state index contributed by atoms with van der Waals surface area (Å²) in [5.41, 5.74) is 1.21. The van der Waals surface area contributed by atoms with Crippen LogP contribution in [0, 0.1) is 11.7 Å². The standard InChI is InChI=1S/C28H32FN5O3/c29-22-12-6-7-13-23(22)31-28(36)34-15-9-2-1-8-14-30-26(35)21-17-20(18-24(21)34)27-32-25(33-37-27)16-19-10-4-3-5-11-19/h3-7,10-13,20-21,24H,1-2,8-9,14-18H2,(H,30,35)(H,31,36)/t20-,21-,24+/m1/s1. The Kier molecular flexibility index (Phi) is 7.77. The number of hydrogen-bond donors (Lipinski definition) is 2. The van der Waals surface area contributed by atoms with Gasteiger partial charge in [-0.25, -0.2) is 9.18 Å². The number of amides is 3. The van der Waals surface area contributed by atoms with Crippen molar-refractivity contribution in [2.45, 2.75) is 56.9 Å². The van der Waals surface area contributed by atoms with Crippen LogP contribution in [0.1, 0.15) is 61.7 Å². The molecule has 2 aromatic carbocycles. The van der Waals surface area contributed by atoms with Gasteiger partial charge in [-0.15, -0.1) is 0 Å². The third-order valence-electron chi connectivity index (χ3n) is 7.31. The Hall–Kier alpha value is -3.75. The summed E-state index contributed by atoms with van der Waals surface area (Å²) in [5.74, 6) is -0.0448. The quantitative estimate of drug-likeness (QED) is 0.526. The molecule has 8 nitrogen and oxygen atoms in total. The van der Waals surface area contributed by atoms with Gasteiger partial charge in [-0.05, 0) is 43.4 Å². The highest BCUT2D eigenvalue weighted by atomic mass is 19.1. The van der Waals surface area contributed by atoms with Crippen LogP contribution < -0.4 is 10.6 Å². The average molecular weight is 506 g/mol. The molecule has 1 saturated carbocycles. The van der Waals surface area contributed by atoms with Gasteiger partial charge in [0, 0.05) is 31.5 Å². The van der Waals surface area contributed by atoms with Crippen LogP contribution in [0.5, 0.6) is 0 Å². The monoisotopic (exact) mass is 505 g/mol. The molecule has 0 radical (unpaired) electrons. The van der Waals surface area contributed by atoms with Crippen molar-refractivity contribution in [1.82, 2.24) is 20.4 Å². The second kappa shape index (κ2) is 11.5. The number of fused-ring (bicyclic) bond motifs is 1. The Bertz CT molecular complexity index is 1220. The summed E-state index contributed by atoms with van der Waals surface area (Å²) in [5, 5.41) is 9.95. The number of hydrogen-bond acceptors (Lipinski definition) is 5. The summed E-state index contributed by atoms with van der Waals surface area (Å²) in [6, 6.07) is 15.3. The lowest BCUT2D eigenvalue weighted by Crippen LogP contribution is -2.49. The first-order chi connectivity index (χ1) is 18.1. The molecule has 2 heterocycles. The van der Waals surface area contributed by atoms with Crippen LogP contribution >= 0.6 is 0 Å². The van der Waals surface area contributed by atoms with Crippen molar-refractivity contribution < 1.29 is 18.5 Å². The SMILES string of the molecule is O=C1NCCCCCCN(C(=O)Nc2ccccc2F)[C@H]2C[C@H](c3nc(Cc4ccccc4)no3)C[C@@H]12. The molecule has 0 unspecified atom stereocenters. The maximum absolute atomic E-state index is 14.3. The molecule has 1 saturated heterocycles. The van der Waals surface area contributed by atoms with E-state index >= 15 is 0 Å². The molecule has 0 bridgehead atoms. The fourth-order valence-electron chi connectivity index (χ4n) is 5.40. The molecule has 1 aliphatic heterocycles. The maximum Gasteiger partial charge on any atom is 0.322 e. The number of para-hydroxylation sites is 1. The summed E-state index contributed by atoms with van der Waals surface area (Å²) >= 11 is 0. The van der Waals surface area contributed by atoms with Gasteiger partial charge in [0.1, 0.15) is 5.82 Å². The lowest BCUT2D eigenvalue weighted by atomic mass is 10.0. The van der Waals surface area contributed by atoms with E-state index in [0.29, 0.717) is 44.1 Å². The number of urea groups is 1. The summed E-state index contributed by atoms with van der Waals surface area (Å²) < 4.78 is 19.9. The number of rotatable bonds is 4. The van der Waals surface area contributed by atoms with Crippen molar-refractivity contribution in [3.05, 3.63) is 77.7 Å². The third kappa shape index (κ3) is 5.98. The first kappa shape index (κ1) is 24.9. The molecule has 5 rings (SSSR count). The predicted molar refractivity (Wildman–Crippen MR) is 136 cm³/mol. The van der Waals surface area contributed by atoms with Gasteiger partial charge in [0.2, 0.25) is 11.8 Å². The smallest absolute Gasteiger partial charge is 0.322 e. The minimum absolute atomic E-state index is 0.0675. The van der Waals surface area contributed by atoms with E-state index in [0.717, 1.165) is 31.2 Å². The molecule has 37 heavy (non-hydrogen) atoms. The Labute approximate surface area is 215 Å². The van der Waals surface area contributed by atoms with Gasteiger partial charge in [0.05, 0.1) is 11.6 Å². The van der Waals surface area contributed by atoms with Crippen molar-refractivity contribution in [1.29, 1.82) is 0 Å². The van der Waals surface area contributed by atoms with Gasteiger partial charge < -0.3 is 20.1 Å². The van der Waals surface area contributed by atoms with Crippen LogP contribution in [-0.2, 0) is 11.2 Å². The topological polar surface area (TPSA) is 100 Å². The Morgan fingerprint density at radius 3 is 2.68 bits per heavy atom. The van der Waals surface area contributed by atoms with Gasteiger partial charge in [-0.3, -0.25) is 4.79 Å². The molecule has 3 aromatic rings. The molecule has 9 heteroatoms. The Balaban J connectivity index is 1.37. The third-order valence-corrected chi connectivity index (χ3v) is 7.31. The maximum atomic E-state index is 14.3. The second-order valence-electron chi connectivity index (χ2n) is 9.86. The molecule has 0 spiro atoms. The fraction of sp³-hybridized carbons (Fsp3) is 0.429. The molecule has 2 N–H and O–H groups in total. The van der Waals surface area contributed by atoms with Crippen LogP contribution in [0.2, 0.25) is 0 Å². The van der Waals surface area contributed by atoms with E-state index in [9.17, 15) is 14.0 Å². The van der Waals surface area contributed by atoms with E-state index in [2.05, 4.69) is 20.8 Å². The number of aromatic nitrogens is 2. The number of anilines is 1. The molecule has 3 amide bonds. The minimum atomic E-state index is -0.496. The number of benzene rings is 2. The van der Waals surface area contributed by atoms with Gasteiger partial charge in [0.25, 0.3) is 0 Å². The zero-order valence-electron chi connectivity index (χ0n) is 20.7. The van der Waals surface area contributed by atoms with Crippen molar-refractivity contribution in [3.8, 4) is 0 Å². The van der Waals surface area contributed by atoms with Crippen molar-refractivity contribution in [3.63, 3.8) is 0 Å². The van der Waals surface area contributed by atoms with E-state index in [-0.39, 0.29) is 23.6 Å². The second-order valence-corrected chi connectivity index (χ2v) is 9.86. The zero-order chi connectivity index (χ0) is 25.6. The highest BCUT2D eigenvalue weighted by Crippen LogP contribution is 2.41. The number of carbonyl (C=O) groups excluding carboxylic acids is 2. The molecular weight excluding hydrogens is 473 g/mol. The van der Waals surface area contributed by atoms with Gasteiger partial charge in [-0.1, -0.05) is 60.5 Å². The van der Waals surface area contributed by atoms with Crippen LogP contribution in [0.3, 0.4) is 0 Å². The first-order valence-corrected chi connectivity index (χ1v) is 13.0. The zero-order valence-corrected chi connectivity index (χ0v) is 20.7. The number of halogens is 1. The lowest BCUT2D eigenvalue weighted by Gasteiger charge is -2.32. The summed E-state index contributed by atoms with van der Waals surface area (Å²) in [4.78, 5) is 33.0. The van der Waals surface area contributed by atoms with Crippen LogP contribution in [0.25, 0.3) is 0 Å². The van der Waals surface area contributed by atoms with E-state index in [1.54, 1.807) is 17.0 Å². The van der Waals surface area contributed by atoms with Gasteiger partial charge in [-0.2, -0.15) is 4.98 Å². The lowest BCUT2D eigenvalue weighted by molar-refractivity contribution is -0.126. The summed E-state index contributed by atoms with van der Waals surface area (Å²) in [6.07, 6.45) is 5.24. The Morgan fingerprint density at radius 1 is 1.05 bits per heavy atom. The van der Waals surface area contributed by atoms with Crippen LogP contribution in [0.15, 0.2) is 59.1 Å². The van der Waals surface area contributed by atoms with E-state index in [1.807, 2.05) is 30.3 Å². The van der Waals surface area contributed by atoms with Crippen molar-refractivity contribution >= 4 is 17.6 Å². The van der Waals surface area contributed by atoms with E-state index < -0.39 is 17.8 Å². The number of nitrogens with zero attached hydrogens (tertiary/aromatic N) is 3. The van der Waals surface area contributed by atoms with Crippen molar-refractivity contribution in [2.24, 2.45) is 5.92 Å². The highest BCUT2D eigenvalue weighted by Gasteiger charge is 2.45. The molecule has 194 valence electrons. The minimum Gasteiger partial charge on any atom is -0.356 e. The van der Waals surface area contributed by atoms with E-state index in [4.69, 9.17) is 4.52 Å². The molecular formula is C28H32FN5O3. The Morgan fingerprint density at radius 2 is 1.84 bits per heavy atom. The van der Waals surface area contributed by atoms with Gasteiger partial charge >= 0.3 is 6.03 Å². The molecule has 1 aliphatic carbocycles. The van der Waals surface area contributed by atoms with Crippen molar-refractivity contribution in [2.75, 3.05) is 18.4 Å². The average Bonchev–Trinajstić information content (AvgIpc) is 3.54. The number of carbonyl (C=O) groups is 2.